The van der Waals surface area contributed by atoms with E-state index in [0.29, 0.717) is 13.0 Å². The molecule has 0 bridgehead atoms. The standard InChI is InChI=1S/C19H20N2O2S2/c1-13-5-6-16(23-2)14(10-13)7-8-20-18(22)11-15-12-25-19(21-15)17-4-3-9-24-17/h3-6,9-10,12H,7-8,11H2,1-2H3,(H,20,22). The van der Waals surface area contributed by atoms with E-state index in [0.717, 1.165) is 33.3 Å². The Morgan fingerprint density at radius 3 is 2.92 bits per heavy atom. The normalized spacial score (nSPS) is 10.6. The molecule has 0 fully saturated rings. The minimum atomic E-state index is -0.00495. The summed E-state index contributed by atoms with van der Waals surface area (Å²) in [6.45, 7) is 2.63. The van der Waals surface area contributed by atoms with Gasteiger partial charge in [0.05, 0.1) is 24.1 Å². The Bertz CT molecular complexity index is 841. The molecule has 0 unspecified atom stereocenters. The highest BCUT2D eigenvalue weighted by atomic mass is 32.1. The van der Waals surface area contributed by atoms with Gasteiger partial charge in [-0.1, -0.05) is 23.8 Å². The Hall–Kier alpha value is -2.18. The molecule has 6 heteroatoms. The van der Waals surface area contributed by atoms with Crippen LogP contribution in [0.3, 0.4) is 0 Å². The van der Waals surface area contributed by atoms with Gasteiger partial charge in [-0.15, -0.1) is 22.7 Å². The summed E-state index contributed by atoms with van der Waals surface area (Å²) >= 11 is 3.24. The van der Waals surface area contributed by atoms with Gasteiger partial charge in [0.1, 0.15) is 10.8 Å². The topological polar surface area (TPSA) is 51.2 Å². The van der Waals surface area contributed by atoms with Crippen molar-refractivity contribution < 1.29 is 9.53 Å². The molecule has 1 amide bonds. The van der Waals surface area contributed by atoms with Crippen molar-refractivity contribution in [3.8, 4) is 15.6 Å². The van der Waals surface area contributed by atoms with Crippen LogP contribution in [0.4, 0.5) is 0 Å². The zero-order valence-electron chi connectivity index (χ0n) is 14.2. The van der Waals surface area contributed by atoms with Crippen LogP contribution in [0.1, 0.15) is 16.8 Å². The van der Waals surface area contributed by atoms with E-state index in [9.17, 15) is 4.79 Å². The van der Waals surface area contributed by atoms with Gasteiger partial charge in [-0.3, -0.25) is 4.79 Å². The number of nitrogens with one attached hydrogen (secondary N) is 1. The van der Waals surface area contributed by atoms with E-state index in [4.69, 9.17) is 4.74 Å². The Morgan fingerprint density at radius 2 is 2.16 bits per heavy atom. The van der Waals surface area contributed by atoms with E-state index in [1.165, 1.54) is 5.56 Å². The number of methoxy groups -OCH3 is 1. The van der Waals surface area contributed by atoms with Crippen molar-refractivity contribution in [2.24, 2.45) is 0 Å². The van der Waals surface area contributed by atoms with Crippen LogP contribution < -0.4 is 10.1 Å². The number of thiazole rings is 1. The number of hydrogen-bond acceptors (Lipinski definition) is 5. The Kier molecular flexibility index (Phi) is 5.83. The third kappa shape index (κ3) is 4.67. The molecule has 0 aliphatic carbocycles. The summed E-state index contributed by atoms with van der Waals surface area (Å²) in [5.74, 6) is 0.856. The molecular formula is C19H20N2O2S2. The van der Waals surface area contributed by atoms with Crippen LogP contribution in [0.2, 0.25) is 0 Å². The number of ether oxygens (including phenoxy) is 1. The molecule has 2 heterocycles. The first-order valence-electron chi connectivity index (χ1n) is 8.04. The van der Waals surface area contributed by atoms with Gasteiger partial charge in [-0.2, -0.15) is 0 Å². The molecule has 0 radical (unpaired) electrons. The second-order valence-corrected chi connectivity index (χ2v) is 7.52. The van der Waals surface area contributed by atoms with E-state index < -0.39 is 0 Å². The lowest BCUT2D eigenvalue weighted by Crippen LogP contribution is -2.27. The lowest BCUT2D eigenvalue weighted by atomic mass is 10.1. The molecule has 0 aliphatic rings. The van der Waals surface area contributed by atoms with Crippen LogP contribution in [0.15, 0.2) is 41.1 Å². The lowest BCUT2D eigenvalue weighted by molar-refractivity contribution is -0.120. The van der Waals surface area contributed by atoms with Crippen LogP contribution in [0.5, 0.6) is 5.75 Å². The number of aromatic nitrogens is 1. The van der Waals surface area contributed by atoms with Crippen LogP contribution in [-0.4, -0.2) is 24.5 Å². The summed E-state index contributed by atoms with van der Waals surface area (Å²) in [5, 5.41) is 7.93. The van der Waals surface area contributed by atoms with Crippen LogP contribution in [-0.2, 0) is 17.6 Å². The molecule has 0 saturated heterocycles. The maximum atomic E-state index is 12.1. The molecule has 25 heavy (non-hydrogen) atoms. The number of rotatable bonds is 7. The van der Waals surface area contributed by atoms with Crippen LogP contribution in [0.25, 0.3) is 9.88 Å². The number of nitrogens with zero attached hydrogens (tertiary/aromatic N) is 1. The summed E-state index contributed by atoms with van der Waals surface area (Å²) in [6.07, 6.45) is 1.06. The second kappa shape index (κ2) is 8.27. The number of hydrogen-bond donors (Lipinski definition) is 1. The first-order valence-corrected chi connectivity index (χ1v) is 9.80. The summed E-state index contributed by atoms with van der Waals surface area (Å²) in [7, 11) is 1.67. The lowest BCUT2D eigenvalue weighted by Gasteiger charge is -2.10. The average Bonchev–Trinajstić information content (AvgIpc) is 3.26. The maximum Gasteiger partial charge on any atom is 0.226 e. The molecule has 0 atom stereocenters. The molecular weight excluding hydrogens is 352 g/mol. The van der Waals surface area contributed by atoms with Gasteiger partial charge >= 0.3 is 0 Å². The molecule has 0 saturated carbocycles. The molecule has 2 aromatic heterocycles. The van der Waals surface area contributed by atoms with Gasteiger partial charge in [-0.25, -0.2) is 4.98 Å². The zero-order chi connectivity index (χ0) is 17.6. The number of amides is 1. The molecule has 1 aromatic carbocycles. The van der Waals surface area contributed by atoms with E-state index in [1.807, 2.05) is 35.0 Å². The fourth-order valence-corrected chi connectivity index (χ4v) is 4.20. The van der Waals surface area contributed by atoms with Gasteiger partial charge in [0, 0.05) is 11.9 Å². The van der Waals surface area contributed by atoms with E-state index in [1.54, 1.807) is 29.8 Å². The predicted molar refractivity (Wildman–Crippen MR) is 104 cm³/mol. The van der Waals surface area contributed by atoms with Gasteiger partial charge in [0.2, 0.25) is 5.91 Å². The first-order chi connectivity index (χ1) is 12.2. The molecule has 0 aliphatic heterocycles. The van der Waals surface area contributed by atoms with Crippen molar-refractivity contribution in [3.05, 3.63) is 57.9 Å². The number of carbonyl (C=O) groups is 1. The average molecular weight is 373 g/mol. The molecule has 3 aromatic rings. The Balaban J connectivity index is 1.51. The highest BCUT2D eigenvalue weighted by molar-refractivity contribution is 7.20. The molecule has 130 valence electrons. The summed E-state index contributed by atoms with van der Waals surface area (Å²) in [6, 6.07) is 10.1. The highest BCUT2D eigenvalue weighted by Crippen LogP contribution is 2.27. The minimum absolute atomic E-state index is 0.00495. The molecule has 4 nitrogen and oxygen atoms in total. The molecule has 1 N–H and O–H groups in total. The van der Waals surface area contributed by atoms with Crippen molar-refractivity contribution in [2.75, 3.05) is 13.7 Å². The number of aryl methyl sites for hydroxylation is 1. The summed E-state index contributed by atoms with van der Waals surface area (Å²) in [5.41, 5.74) is 3.11. The van der Waals surface area contributed by atoms with E-state index in [2.05, 4.69) is 23.3 Å². The van der Waals surface area contributed by atoms with Crippen LogP contribution >= 0.6 is 22.7 Å². The van der Waals surface area contributed by atoms with E-state index in [-0.39, 0.29) is 5.91 Å². The second-order valence-electron chi connectivity index (χ2n) is 5.71. The van der Waals surface area contributed by atoms with Gasteiger partial charge in [-0.05, 0) is 36.4 Å². The third-order valence-electron chi connectivity index (χ3n) is 3.78. The zero-order valence-corrected chi connectivity index (χ0v) is 15.9. The largest absolute Gasteiger partial charge is 0.496 e. The van der Waals surface area contributed by atoms with Crippen molar-refractivity contribution in [1.29, 1.82) is 0 Å². The number of benzene rings is 1. The highest BCUT2D eigenvalue weighted by Gasteiger charge is 2.10. The minimum Gasteiger partial charge on any atom is -0.496 e. The van der Waals surface area contributed by atoms with Gasteiger partial charge in [0.15, 0.2) is 0 Å². The number of carbonyl (C=O) groups excluding carboxylic acids is 1. The third-order valence-corrected chi connectivity index (χ3v) is 5.71. The smallest absolute Gasteiger partial charge is 0.226 e. The Morgan fingerprint density at radius 1 is 1.28 bits per heavy atom. The summed E-state index contributed by atoms with van der Waals surface area (Å²) in [4.78, 5) is 17.8. The quantitative estimate of drug-likeness (QED) is 0.680. The van der Waals surface area contributed by atoms with Crippen molar-refractivity contribution in [2.45, 2.75) is 19.8 Å². The van der Waals surface area contributed by atoms with Gasteiger partial charge < -0.3 is 10.1 Å². The first kappa shape index (κ1) is 17.6. The fraction of sp³-hybridized carbons (Fsp3) is 0.263. The maximum absolute atomic E-state index is 12.1. The van der Waals surface area contributed by atoms with E-state index >= 15 is 0 Å². The van der Waals surface area contributed by atoms with Crippen molar-refractivity contribution in [3.63, 3.8) is 0 Å². The van der Waals surface area contributed by atoms with Crippen molar-refractivity contribution >= 4 is 28.6 Å². The van der Waals surface area contributed by atoms with Gasteiger partial charge in [0.25, 0.3) is 0 Å². The molecule has 0 spiro atoms. The monoisotopic (exact) mass is 372 g/mol. The number of thiophene rings is 1. The predicted octanol–water partition coefficient (Wildman–Crippen LogP) is 4.09. The van der Waals surface area contributed by atoms with Crippen molar-refractivity contribution in [1.82, 2.24) is 10.3 Å². The Labute approximate surface area is 155 Å². The fourth-order valence-electron chi connectivity index (χ4n) is 2.57. The van der Waals surface area contributed by atoms with Crippen LogP contribution in [0, 0.1) is 6.92 Å². The molecule has 3 rings (SSSR count). The SMILES string of the molecule is COc1ccc(C)cc1CCNC(=O)Cc1csc(-c2cccs2)n1. The summed E-state index contributed by atoms with van der Waals surface area (Å²) < 4.78 is 5.37.